The number of halogens is 3. The Balaban J connectivity index is 2.43. The lowest BCUT2D eigenvalue weighted by Gasteiger charge is -2.08. The Morgan fingerprint density at radius 2 is 2.11 bits per heavy atom. The van der Waals surface area contributed by atoms with Crippen molar-refractivity contribution in [2.75, 3.05) is 0 Å². The molecule has 0 saturated carbocycles. The maximum Gasteiger partial charge on any atom is 0.433 e. The molecule has 0 bridgehead atoms. The molecule has 0 N–H and O–H groups in total. The van der Waals surface area contributed by atoms with Crippen LogP contribution in [0, 0.1) is 11.3 Å². The molecule has 2 aromatic heterocycles. The lowest BCUT2D eigenvalue weighted by molar-refractivity contribution is -0.141. The minimum Gasteiger partial charge on any atom is -0.329 e. The normalized spacial score (nSPS) is 11.3. The standard InChI is InChI=1S/C11H7F3N4S/c1-18-5-4-16-10(18)19-9-7(6-15)2-3-8(17-9)11(12,13)14/h2-5H,1H3. The number of alkyl halides is 3. The number of hydrogen-bond acceptors (Lipinski definition) is 4. The molecule has 0 aliphatic rings. The maximum atomic E-state index is 12.6. The molecule has 0 aliphatic heterocycles. The van der Waals surface area contributed by atoms with Gasteiger partial charge in [0, 0.05) is 19.4 Å². The van der Waals surface area contributed by atoms with Crippen molar-refractivity contribution in [2.24, 2.45) is 7.05 Å². The highest BCUT2D eigenvalue weighted by molar-refractivity contribution is 7.99. The van der Waals surface area contributed by atoms with Gasteiger partial charge >= 0.3 is 6.18 Å². The van der Waals surface area contributed by atoms with Crippen LogP contribution < -0.4 is 0 Å². The second kappa shape index (κ2) is 4.93. The van der Waals surface area contributed by atoms with Crippen molar-refractivity contribution >= 4 is 11.8 Å². The fourth-order valence-corrected chi connectivity index (χ4v) is 2.16. The summed E-state index contributed by atoms with van der Waals surface area (Å²) in [5, 5.41) is 9.35. The Morgan fingerprint density at radius 3 is 2.63 bits per heavy atom. The largest absolute Gasteiger partial charge is 0.433 e. The molecule has 0 fully saturated rings. The zero-order valence-corrected chi connectivity index (χ0v) is 10.5. The number of aryl methyl sites for hydroxylation is 1. The van der Waals surface area contributed by atoms with Gasteiger partial charge in [-0.05, 0) is 23.9 Å². The number of rotatable bonds is 2. The molecule has 2 rings (SSSR count). The van der Waals surface area contributed by atoms with E-state index in [1.54, 1.807) is 17.8 Å². The second-order valence-corrected chi connectivity index (χ2v) is 4.54. The quantitative estimate of drug-likeness (QED) is 0.851. The molecule has 0 amide bonds. The summed E-state index contributed by atoms with van der Waals surface area (Å²) in [7, 11) is 1.70. The van der Waals surface area contributed by atoms with E-state index in [1.165, 1.54) is 6.20 Å². The van der Waals surface area contributed by atoms with Crippen molar-refractivity contribution in [3.05, 3.63) is 35.8 Å². The predicted molar refractivity (Wildman–Crippen MR) is 61.3 cm³/mol. The molecular formula is C11H7F3N4S. The van der Waals surface area contributed by atoms with Gasteiger partial charge in [-0.25, -0.2) is 9.97 Å². The first-order valence-electron chi connectivity index (χ1n) is 5.05. The van der Waals surface area contributed by atoms with Crippen LogP contribution in [0.5, 0.6) is 0 Å². The number of hydrogen-bond donors (Lipinski definition) is 0. The molecule has 8 heteroatoms. The summed E-state index contributed by atoms with van der Waals surface area (Å²) >= 11 is 0.921. The van der Waals surface area contributed by atoms with E-state index in [0.29, 0.717) is 5.16 Å². The van der Waals surface area contributed by atoms with Crippen molar-refractivity contribution in [1.29, 1.82) is 5.26 Å². The summed E-state index contributed by atoms with van der Waals surface area (Å²) in [5.41, 5.74) is -0.941. The van der Waals surface area contributed by atoms with Crippen LogP contribution in [0.2, 0.25) is 0 Å². The highest BCUT2D eigenvalue weighted by Crippen LogP contribution is 2.32. The average Bonchev–Trinajstić information content (AvgIpc) is 2.74. The molecule has 19 heavy (non-hydrogen) atoms. The lowest BCUT2D eigenvalue weighted by atomic mass is 10.2. The van der Waals surface area contributed by atoms with E-state index in [2.05, 4.69) is 9.97 Å². The zero-order chi connectivity index (χ0) is 14.0. The molecule has 0 aliphatic carbocycles. The van der Waals surface area contributed by atoms with E-state index in [-0.39, 0.29) is 10.6 Å². The van der Waals surface area contributed by atoms with Crippen LogP contribution in [0.3, 0.4) is 0 Å². The monoisotopic (exact) mass is 284 g/mol. The third-order valence-corrected chi connectivity index (χ3v) is 3.32. The fraction of sp³-hybridized carbons (Fsp3) is 0.182. The molecule has 98 valence electrons. The molecule has 0 aromatic carbocycles. The first-order chi connectivity index (χ1) is 8.91. The van der Waals surface area contributed by atoms with Gasteiger partial charge in [-0.3, -0.25) is 0 Å². The fourth-order valence-electron chi connectivity index (χ4n) is 1.30. The Morgan fingerprint density at radius 1 is 1.37 bits per heavy atom. The van der Waals surface area contributed by atoms with Crippen LogP contribution in [-0.2, 0) is 13.2 Å². The summed E-state index contributed by atoms with van der Waals surface area (Å²) in [6.45, 7) is 0. The first-order valence-corrected chi connectivity index (χ1v) is 5.87. The van der Waals surface area contributed by atoms with Gasteiger partial charge in [-0.2, -0.15) is 18.4 Å². The van der Waals surface area contributed by atoms with Crippen LogP contribution in [0.15, 0.2) is 34.7 Å². The molecule has 4 nitrogen and oxygen atoms in total. The predicted octanol–water partition coefficient (Wildman–Crippen LogP) is 2.86. The SMILES string of the molecule is Cn1ccnc1Sc1nc(C(F)(F)F)ccc1C#N. The van der Waals surface area contributed by atoms with Crippen molar-refractivity contribution in [2.45, 2.75) is 16.4 Å². The van der Waals surface area contributed by atoms with Crippen LogP contribution in [0.4, 0.5) is 13.2 Å². The van der Waals surface area contributed by atoms with Crippen LogP contribution in [0.25, 0.3) is 0 Å². The first kappa shape index (κ1) is 13.4. The molecule has 0 spiro atoms. The number of nitriles is 1. The number of aromatic nitrogens is 3. The third-order valence-electron chi connectivity index (χ3n) is 2.24. The third kappa shape index (κ3) is 2.88. The van der Waals surface area contributed by atoms with Crippen LogP contribution in [-0.4, -0.2) is 14.5 Å². The van der Waals surface area contributed by atoms with Gasteiger partial charge in [-0.15, -0.1) is 0 Å². The topological polar surface area (TPSA) is 54.5 Å². The number of imidazole rings is 1. The summed E-state index contributed by atoms with van der Waals surface area (Å²) in [5.74, 6) is 0. The van der Waals surface area contributed by atoms with Crippen molar-refractivity contribution in [3.63, 3.8) is 0 Å². The molecule has 0 unspecified atom stereocenters. The van der Waals surface area contributed by atoms with Gasteiger partial charge in [0.1, 0.15) is 16.8 Å². The van der Waals surface area contributed by atoms with Gasteiger partial charge in [0.25, 0.3) is 0 Å². The number of nitrogens with zero attached hydrogens (tertiary/aromatic N) is 4. The molecular weight excluding hydrogens is 277 g/mol. The van der Waals surface area contributed by atoms with E-state index in [9.17, 15) is 13.2 Å². The Kier molecular flexibility index (Phi) is 3.48. The Bertz CT molecular complexity index is 642. The van der Waals surface area contributed by atoms with Gasteiger partial charge in [0.05, 0.1) is 5.56 Å². The van der Waals surface area contributed by atoms with Gasteiger partial charge in [0.15, 0.2) is 5.16 Å². The van der Waals surface area contributed by atoms with Gasteiger partial charge < -0.3 is 4.57 Å². The van der Waals surface area contributed by atoms with E-state index in [0.717, 1.165) is 23.9 Å². The van der Waals surface area contributed by atoms with Gasteiger partial charge in [-0.1, -0.05) is 0 Å². The van der Waals surface area contributed by atoms with Crippen molar-refractivity contribution in [3.8, 4) is 6.07 Å². The van der Waals surface area contributed by atoms with E-state index < -0.39 is 11.9 Å². The minimum absolute atomic E-state index is 0.00775. The van der Waals surface area contributed by atoms with E-state index in [1.807, 2.05) is 6.07 Å². The summed E-state index contributed by atoms with van der Waals surface area (Å²) in [6.07, 6.45) is -1.37. The highest BCUT2D eigenvalue weighted by atomic mass is 32.2. The minimum atomic E-state index is -4.54. The highest BCUT2D eigenvalue weighted by Gasteiger charge is 2.33. The summed E-state index contributed by atoms with van der Waals surface area (Å²) in [4.78, 5) is 7.47. The van der Waals surface area contributed by atoms with E-state index >= 15 is 0 Å². The molecule has 0 atom stereocenters. The summed E-state index contributed by atoms with van der Waals surface area (Å²) in [6, 6.07) is 3.72. The second-order valence-electron chi connectivity index (χ2n) is 3.58. The Labute approximate surface area is 110 Å². The van der Waals surface area contributed by atoms with Crippen molar-refractivity contribution in [1.82, 2.24) is 14.5 Å². The maximum absolute atomic E-state index is 12.6. The zero-order valence-electron chi connectivity index (χ0n) is 9.64. The van der Waals surface area contributed by atoms with E-state index in [4.69, 9.17) is 5.26 Å². The average molecular weight is 284 g/mol. The lowest BCUT2D eigenvalue weighted by Crippen LogP contribution is -2.09. The molecule has 2 aromatic rings. The van der Waals surface area contributed by atoms with Crippen molar-refractivity contribution < 1.29 is 13.2 Å². The molecule has 0 radical (unpaired) electrons. The number of pyridine rings is 1. The van der Waals surface area contributed by atoms with Gasteiger partial charge in [0.2, 0.25) is 0 Å². The Hall–Kier alpha value is -2.01. The van der Waals surface area contributed by atoms with Crippen LogP contribution >= 0.6 is 11.8 Å². The molecule has 0 saturated heterocycles. The molecule has 2 heterocycles. The summed E-state index contributed by atoms with van der Waals surface area (Å²) < 4.78 is 39.4. The van der Waals surface area contributed by atoms with Crippen LogP contribution in [0.1, 0.15) is 11.3 Å². The smallest absolute Gasteiger partial charge is 0.329 e.